The number of carbonyl (C=O) groups is 2. The highest BCUT2D eigenvalue weighted by Crippen LogP contribution is 2.12. The van der Waals surface area contributed by atoms with Crippen LogP contribution in [0.4, 0.5) is 4.79 Å². The van der Waals surface area contributed by atoms with E-state index in [-0.39, 0.29) is 6.42 Å². The Labute approximate surface area is 131 Å². The number of hydrogen-bond donors (Lipinski definition) is 2. The quantitative estimate of drug-likeness (QED) is 0.791. The average Bonchev–Trinajstić information content (AvgIpc) is 2.37. The van der Waals surface area contributed by atoms with Crippen LogP contribution in [0.2, 0.25) is 0 Å². The Morgan fingerprint density at radius 1 is 1.27 bits per heavy atom. The van der Waals surface area contributed by atoms with Gasteiger partial charge in [-0.25, -0.2) is 4.79 Å². The Morgan fingerprint density at radius 3 is 2.59 bits per heavy atom. The number of nitrogens with one attached hydrogen (secondary N) is 1. The summed E-state index contributed by atoms with van der Waals surface area (Å²) < 4.78 is 5.13. The minimum atomic E-state index is -0.854. The van der Waals surface area contributed by atoms with Gasteiger partial charge in [-0.15, -0.1) is 0 Å². The molecule has 0 aromatic heterocycles. The zero-order valence-corrected chi connectivity index (χ0v) is 13.3. The van der Waals surface area contributed by atoms with Gasteiger partial charge in [-0.05, 0) is 38.3 Å². The number of aliphatic carboxylic acids is 1. The predicted molar refractivity (Wildman–Crippen MR) is 85.7 cm³/mol. The molecule has 0 spiro atoms. The molecular weight excluding hydrogens is 282 g/mol. The molecule has 0 fully saturated rings. The molecule has 5 heteroatoms. The molecule has 0 aliphatic carbocycles. The number of hydrogen-bond acceptors (Lipinski definition) is 3. The second-order valence-electron chi connectivity index (χ2n) is 5.89. The lowest BCUT2D eigenvalue weighted by Gasteiger charge is -2.19. The van der Waals surface area contributed by atoms with Gasteiger partial charge in [0.05, 0.1) is 6.42 Å². The van der Waals surface area contributed by atoms with Crippen LogP contribution in [0.25, 0.3) is 6.08 Å². The Bertz CT molecular complexity index is 544. The van der Waals surface area contributed by atoms with E-state index in [4.69, 9.17) is 9.84 Å². The first-order chi connectivity index (χ1) is 10.3. The highest BCUT2D eigenvalue weighted by molar-refractivity contribution is 5.72. The topological polar surface area (TPSA) is 75.6 Å². The van der Waals surface area contributed by atoms with Crippen molar-refractivity contribution in [1.82, 2.24) is 5.32 Å². The summed E-state index contributed by atoms with van der Waals surface area (Å²) in [6.45, 7) is 5.90. The van der Waals surface area contributed by atoms with Crippen molar-refractivity contribution in [2.45, 2.75) is 39.2 Å². The number of amides is 1. The fraction of sp³-hybridized carbons (Fsp3) is 0.412. The van der Waals surface area contributed by atoms with Crippen LogP contribution in [-0.2, 0) is 16.0 Å². The van der Waals surface area contributed by atoms with Crippen LogP contribution in [0.3, 0.4) is 0 Å². The van der Waals surface area contributed by atoms with Crippen LogP contribution < -0.4 is 5.32 Å². The van der Waals surface area contributed by atoms with Gasteiger partial charge in [0, 0.05) is 6.54 Å². The molecule has 0 aliphatic heterocycles. The molecule has 0 unspecified atom stereocenters. The smallest absolute Gasteiger partial charge is 0.407 e. The Hall–Kier alpha value is -2.30. The van der Waals surface area contributed by atoms with Crippen LogP contribution >= 0.6 is 0 Å². The summed E-state index contributed by atoms with van der Waals surface area (Å²) in [6.07, 6.45) is 3.97. The van der Waals surface area contributed by atoms with E-state index in [2.05, 4.69) is 5.32 Å². The first-order valence-corrected chi connectivity index (χ1v) is 7.21. The largest absolute Gasteiger partial charge is 0.481 e. The molecule has 1 rings (SSSR count). The number of alkyl carbamates (subject to hydrolysis) is 1. The standard InChI is InChI=1S/C17H23NO4/c1-17(2,3)22-16(21)18-11-7-6-9-13-8-4-5-10-14(13)12-15(19)20/h4-6,8-10H,7,11-12H2,1-3H3,(H,18,21)(H,19,20). The molecule has 120 valence electrons. The van der Waals surface area contributed by atoms with Crippen molar-refractivity contribution in [3.63, 3.8) is 0 Å². The van der Waals surface area contributed by atoms with Gasteiger partial charge in [0.15, 0.2) is 0 Å². The maximum Gasteiger partial charge on any atom is 0.407 e. The molecule has 2 N–H and O–H groups in total. The third kappa shape index (κ3) is 7.47. The molecule has 0 saturated carbocycles. The first kappa shape index (κ1) is 17.8. The van der Waals surface area contributed by atoms with Crippen molar-refractivity contribution >= 4 is 18.1 Å². The number of carbonyl (C=O) groups excluding carboxylic acids is 1. The Kier molecular flexibility index (Phi) is 6.63. The number of ether oxygens (including phenoxy) is 1. The summed E-state index contributed by atoms with van der Waals surface area (Å²) >= 11 is 0. The Balaban J connectivity index is 2.44. The fourth-order valence-corrected chi connectivity index (χ4v) is 1.80. The molecule has 0 heterocycles. The molecular formula is C17H23NO4. The van der Waals surface area contributed by atoms with E-state index in [9.17, 15) is 9.59 Å². The number of carboxylic acids is 1. The molecule has 0 atom stereocenters. The second-order valence-corrected chi connectivity index (χ2v) is 5.89. The van der Waals surface area contributed by atoms with Crippen LogP contribution in [0, 0.1) is 0 Å². The van der Waals surface area contributed by atoms with Gasteiger partial charge >= 0.3 is 12.1 Å². The molecule has 1 aromatic carbocycles. The van der Waals surface area contributed by atoms with Crippen molar-refractivity contribution in [3.8, 4) is 0 Å². The van der Waals surface area contributed by atoms with Crippen LogP contribution in [0.15, 0.2) is 30.3 Å². The van der Waals surface area contributed by atoms with E-state index in [1.807, 2.05) is 51.1 Å². The normalized spacial score (nSPS) is 11.4. The third-order valence-electron chi connectivity index (χ3n) is 2.67. The van der Waals surface area contributed by atoms with E-state index < -0.39 is 17.7 Å². The molecule has 1 aromatic rings. The summed E-state index contributed by atoms with van der Waals surface area (Å²) in [5.41, 5.74) is 1.14. The van der Waals surface area contributed by atoms with E-state index in [0.29, 0.717) is 13.0 Å². The summed E-state index contributed by atoms with van der Waals surface area (Å²) in [5, 5.41) is 11.5. The molecule has 0 aliphatic rings. The zero-order chi connectivity index (χ0) is 16.6. The number of carboxylic acid groups (broad SMARTS) is 1. The van der Waals surface area contributed by atoms with E-state index in [1.165, 1.54) is 0 Å². The minimum absolute atomic E-state index is 0.00330. The zero-order valence-electron chi connectivity index (χ0n) is 13.3. The van der Waals surface area contributed by atoms with Crippen LogP contribution in [-0.4, -0.2) is 29.3 Å². The lowest BCUT2D eigenvalue weighted by molar-refractivity contribution is -0.136. The summed E-state index contributed by atoms with van der Waals surface area (Å²) in [4.78, 5) is 22.2. The van der Waals surface area contributed by atoms with Gasteiger partial charge in [-0.2, -0.15) is 0 Å². The minimum Gasteiger partial charge on any atom is -0.481 e. The Morgan fingerprint density at radius 2 is 1.95 bits per heavy atom. The summed E-state index contributed by atoms with van der Waals surface area (Å²) in [7, 11) is 0. The van der Waals surface area contributed by atoms with Crippen molar-refractivity contribution in [2.24, 2.45) is 0 Å². The highest BCUT2D eigenvalue weighted by Gasteiger charge is 2.15. The molecule has 0 bridgehead atoms. The molecule has 5 nitrogen and oxygen atoms in total. The lowest BCUT2D eigenvalue weighted by Crippen LogP contribution is -2.32. The van der Waals surface area contributed by atoms with Gasteiger partial charge < -0.3 is 15.2 Å². The van der Waals surface area contributed by atoms with Crippen molar-refractivity contribution in [3.05, 3.63) is 41.5 Å². The van der Waals surface area contributed by atoms with Crippen molar-refractivity contribution in [2.75, 3.05) is 6.54 Å². The lowest BCUT2D eigenvalue weighted by atomic mass is 10.0. The fourth-order valence-electron chi connectivity index (χ4n) is 1.80. The number of benzene rings is 1. The van der Waals surface area contributed by atoms with E-state index >= 15 is 0 Å². The van der Waals surface area contributed by atoms with Gasteiger partial charge in [-0.3, -0.25) is 4.79 Å². The maximum atomic E-state index is 11.4. The van der Waals surface area contributed by atoms with E-state index in [1.54, 1.807) is 6.07 Å². The monoisotopic (exact) mass is 305 g/mol. The summed E-state index contributed by atoms with van der Waals surface area (Å²) in [6, 6.07) is 7.35. The van der Waals surface area contributed by atoms with Crippen molar-refractivity contribution < 1.29 is 19.4 Å². The van der Waals surface area contributed by atoms with E-state index in [0.717, 1.165) is 11.1 Å². The number of rotatable bonds is 6. The maximum absolute atomic E-state index is 11.4. The van der Waals surface area contributed by atoms with Gasteiger partial charge in [0.2, 0.25) is 0 Å². The molecule has 0 radical (unpaired) electrons. The molecule has 22 heavy (non-hydrogen) atoms. The van der Waals surface area contributed by atoms with Crippen LogP contribution in [0.1, 0.15) is 38.3 Å². The van der Waals surface area contributed by atoms with Gasteiger partial charge in [0.1, 0.15) is 5.60 Å². The van der Waals surface area contributed by atoms with Gasteiger partial charge in [0.25, 0.3) is 0 Å². The van der Waals surface area contributed by atoms with Crippen molar-refractivity contribution in [1.29, 1.82) is 0 Å². The second kappa shape index (κ2) is 8.22. The molecule has 1 amide bonds. The predicted octanol–water partition coefficient (Wildman–Crippen LogP) is 3.24. The third-order valence-corrected chi connectivity index (χ3v) is 2.67. The SMILES string of the molecule is CC(C)(C)OC(=O)NCCC=Cc1ccccc1CC(=O)O. The van der Waals surface area contributed by atoms with Gasteiger partial charge in [-0.1, -0.05) is 36.4 Å². The first-order valence-electron chi connectivity index (χ1n) is 7.21. The highest BCUT2D eigenvalue weighted by atomic mass is 16.6. The molecule has 0 saturated heterocycles. The van der Waals surface area contributed by atoms with Crippen LogP contribution in [0.5, 0.6) is 0 Å². The summed E-state index contributed by atoms with van der Waals surface area (Å²) in [5.74, 6) is -0.854. The average molecular weight is 305 g/mol.